The van der Waals surface area contributed by atoms with Gasteiger partial charge in [-0.25, -0.2) is 0 Å². The van der Waals surface area contributed by atoms with E-state index < -0.39 is 4.83 Å². The van der Waals surface area contributed by atoms with Crippen molar-refractivity contribution in [1.29, 1.82) is 0 Å². The lowest BCUT2D eigenvalue weighted by Crippen LogP contribution is -2.04. The van der Waals surface area contributed by atoms with Gasteiger partial charge in [0.1, 0.15) is 12.1 Å². The van der Waals surface area contributed by atoms with E-state index in [0.717, 1.165) is 17.4 Å². The lowest BCUT2D eigenvalue weighted by atomic mass is 10.0. The third kappa shape index (κ3) is 2.98. The second kappa shape index (κ2) is 5.56. The third-order valence-electron chi connectivity index (χ3n) is 2.06. The van der Waals surface area contributed by atoms with Gasteiger partial charge in [0.2, 0.25) is 0 Å². The van der Waals surface area contributed by atoms with Gasteiger partial charge < -0.3 is 0 Å². The molecule has 1 aromatic carbocycles. The van der Waals surface area contributed by atoms with Gasteiger partial charge in [0, 0.05) is 10.9 Å². The Balaban J connectivity index is 3.18. The number of carbonyl (C=O) groups is 2. The van der Waals surface area contributed by atoms with Crippen molar-refractivity contribution in [2.45, 2.75) is 17.1 Å². The molecule has 0 saturated heterocycles. The van der Waals surface area contributed by atoms with Gasteiger partial charge in [0.25, 0.3) is 0 Å². The molecule has 1 rings (SSSR count). The molecule has 0 fully saturated rings. The molecule has 80 valence electrons. The molecule has 15 heavy (non-hydrogen) atoms. The number of aldehydes is 1. The molecule has 0 spiro atoms. The van der Waals surface area contributed by atoms with E-state index in [1.54, 1.807) is 12.1 Å². The van der Waals surface area contributed by atoms with Crippen LogP contribution in [0.5, 0.6) is 0 Å². The Morgan fingerprint density at radius 1 is 1.53 bits per heavy atom. The number of ketones is 1. The normalized spacial score (nSPS) is 12.2. The summed E-state index contributed by atoms with van der Waals surface area (Å²) in [5.74, 6) is -0.00954. The highest BCUT2D eigenvalue weighted by atomic mass is 79.9. The molecule has 0 saturated carbocycles. The number of benzene rings is 1. The Labute approximate surface area is 105 Å². The van der Waals surface area contributed by atoms with Crippen molar-refractivity contribution in [1.82, 2.24) is 0 Å². The highest BCUT2D eigenvalue weighted by molar-refractivity contribution is 9.09. The summed E-state index contributed by atoms with van der Waals surface area (Å²) in [6.45, 7) is 1.49. The van der Waals surface area contributed by atoms with Crippen LogP contribution in [0.1, 0.15) is 33.2 Å². The molecule has 4 heteroatoms. The first-order chi connectivity index (χ1) is 7.10. The maximum Gasteiger partial charge on any atom is 0.150 e. The van der Waals surface area contributed by atoms with Crippen LogP contribution >= 0.6 is 31.9 Å². The minimum absolute atomic E-state index is 0.00954. The molecular formula is C11H10Br2O2. The van der Waals surface area contributed by atoms with Gasteiger partial charge in [0.15, 0.2) is 0 Å². The molecule has 0 aliphatic carbocycles. The number of hydrogen-bond donors (Lipinski definition) is 0. The zero-order chi connectivity index (χ0) is 11.4. The summed E-state index contributed by atoms with van der Waals surface area (Å²) in [5.41, 5.74) is 2.30. The minimum Gasteiger partial charge on any atom is -0.298 e. The number of alkyl halides is 2. The molecule has 0 N–H and O–H groups in total. The highest BCUT2D eigenvalue weighted by Gasteiger charge is 2.16. The van der Waals surface area contributed by atoms with Gasteiger partial charge in [-0.15, -0.1) is 0 Å². The highest BCUT2D eigenvalue weighted by Crippen LogP contribution is 2.27. The van der Waals surface area contributed by atoms with Crippen LogP contribution in [0.4, 0.5) is 0 Å². The van der Waals surface area contributed by atoms with Crippen molar-refractivity contribution in [3.05, 3.63) is 34.9 Å². The summed E-state index contributed by atoms with van der Waals surface area (Å²) in [6.07, 6.45) is 0.776. The maximum atomic E-state index is 11.2. The standard InChI is InChI=1S/C11H10Br2O2/c1-7(15)11(13)10-3-2-8(5-12)4-9(10)6-14/h2-4,6,11H,5H2,1H3. The van der Waals surface area contributed by atoms with Gasteiger partial charge in [-0.3, -0.25) is 9.59 Å². The summed E-state index contributed by atoms with van der Waals surface area (Å²) in [4.78, 5) is 21.7. The third-order valence-corrected chi connectivity index (χ3v) is 3.85. The van der Waals surface area contributed by atoms with Crippen molar-refractivity contribution in [3.63, 3.8) is 0 Å². The topological polar surface area (TPSA) is 34.1 Å². The van der Waals surface area contributed by atoms with E-state index in [2.05, 4.69) is 31.9 Å². The molecule has 2 nitrogen and oxygen atoms in total. The van der Waals surface area contributed by atoms with E-state index in [0.29, 0.717) is 10.9 Å². The summed E-state index contributed by atoms with van der Waals surface area (Å²) in [5, 5.41) is 0.696. The Bertz CT molecular complexity index is 388. The lowest BCUT2D eigenvalue weighted by molar-refractivity contribution is -0.116. The van der Waals surface area contributed by atoms with Crippen LogP contribution in [-0.2, 0) is 10.1 Å². The zero-order valence-electron chi connectivity index (χ0n) is 8.17. The number of hydrogen-bond acceptors (Lipinski definition) is 2. The average molecular weight is 334 g/mol. The molecule has 1 aromatic rings. The van der Waals surface area contributed by atoms with E-state index in [9.17, 15) is 9.59 Å². The Kier molecular flexibility index (Phi) is 4.67. The van der Waals surface area contributed by atoms with Crippen LogP contribution in [0.3, 0.4) is 0 Å². The van der Waals surface area contributed by atoms with E-state index in [-0.39, 0.29) is 5.78 Å². The van der Waals surface area contributed by atoms with Crippen LogP contribution in [0.2, 0.25) is 0 Å². The first-order valence-electron chi connectivity index (χ1n) is 4.38. The molecule has 0 radical (unpaired) electrons. The SMILES string of the molecule is CC(=O)C(Br)c1ccc(CBr)cc1C=O. The Hall–Kier alpha value is -0.480. The second-order valence-corrected chi connectivity index (χ2v) is 4.66. The fourth-order valence-corrected chi connectivity index (χ4v) is 2.02. The van der Waals surface area contributed by atoms with Crippen molar-refractivity contribution >= 4 is 43.9 Å². The summed E-state index contributed by atoms with van der Waals surface area (Å²) in [7, 11) is 0. The first kappa shape index (κ1) is 12.6. The zero-order valence-corrected chi connectivity index (χ0v) is 11.3. The van der Waals surface area contributed by atoms with Gasteiger partial charge >= 0.3 is 0 Å². The van der Waals surface area contributed by atoms with Crippen molar-refractivity contribution in [3.8, 4) is 0 Å². The minimum atomic E-state index is -0.401. The van der Waals surface area contributed by atoms with Crippen molar-refractivity contribution in [2.24, 2.45) is 0 Å². The molecule has 1 unspecified atom stereocenters. The number of Topliss-reactive ketones (excluding diaryl/α,β-unsaturated/α-hetero) is 1. The Morgan fingerprint density at radius 3 is 2.67 bits per heavy atom. The predicted molar refractivity (Wildman–Crippen MR) is 66.8 cm³/mol. The van der Waals surface area contributed by atoms with Crippen molar-refractivity contribution in [2.75, 3.05) is 0 Å². The molecule has 0 bridgehead atoms. The van der Waals surface area contributed by atoms with Crippen LogP contribution in [0, 0.1) is 0 Å². The van der Waals surface area contributed by atoms with Crippen molar-refractivity contribution < 1.29 is 9.59 Å². The fraction of sp³-hybridized carbons (Fsp3) is 0.273. The molecule has 0 amide bonds. The van der Waals surface area contributed by atoms with E-state index >= 15 is 0 Å². The molecule has 1 atom stereocenters. The van der Waals surface area contributed by atoms with Gasteiger partial charge in [-0.2, -0.15) is 0 Å². The average Bonchev–Trinajstić information content (AvgIpc) is 2.27. The van der Waals surface area contributed by atoms with Crippen LogP contribution in [0.25, 0.3) is 0 Å². The number of rotatable bonds is 4. The van der Waals surface area contributed by atoms with Crippen LogP contribution in [0.15, 0.2) is 18.2 Å². The van der Waals surface area contributed by atoms with Crippen LogP contribution < -0.4 is 0 Å². The number of carbonyl (C=O) groups excluding carboxylic acids is 2. The van der Waals surface area contributed by atoms with E-state index in [1.807, 2.05) is 6.07 Å². The van der Waals surface area contributed by atoms with Gasteiger partial charge in [-0.1, -0.05) is 44.0 Å². The lowest BCUT2D eigenvalue weighted by Gasteiger charge is -2.10. The first-order valence-corrected chi connectivity index (χ1v) is 6.42. The molecular weight excluding hydrogens is 324 g/mol. The predicted octanol–water partition coefficient (Wildman–Crippen LogP) is 3.42. The fourth-order valence-electron chi connectivity index (χ4n) is 1.26. The molecule has 0 aromatic heterocycles. The quantitative estimate of drug-likeness (QED) is 0.625. The second-order valence-electron chi connectivity index (χ2n) is 3.19. The molecule has 0 aliphatic heterocycles. The smallest absolute Gasteiger partial charge is 0.150 e. The summed E-state index contributed by atoms with van der Waals surface area (Å²) < 4.78 is 0. The van der Waals surface area contributed by atoms with Crippen LogP contribution in [-0.4, -0.2) is 12.1 Å². The number of halogens is 2. The van der Waals surface area contributed by atoms with E-state index in [4.69, 9.17) is 0 Å². The summed E-state index contributed by atoms with van der Waals surface area (Å²) >= 11 is 6.59. The Morgan fingerprint density at radius 2 is 2.20 bits per heavy atom. The van der Waals surface area contributed by atoms with Gasteiger partial charge in [-0.05, 0) is 24.1 Å². The summed E-state index contributed by atoms with van der Waals surface area (Å²) in [6, 6.07) is 5.49. The van der Waals surface area contributed by atoms with E-state index in [1.165, 1.54) is 6.92 Å². The molecule has 0 aliphatic rings. The maximum absolute atomic E-state index is 11.2. The van der Waals surface area contributed by atoms with Gasteiger partial charge in [0.05, 0.1) is 4.83 Å². The largest absolute Gasteiger partial charge is 0.298 e. The molecule has 0 heterocycles. The monoisotopic (exact) mass is 332 g/mol.